The van der Waals surface area contributed by atoms with Crippen LogP contribution in [0, 0.1) is 20.2 Å². The minimum absolute atomic E-state index is 0.0639. The maximum atomic E-state index is 13.6. The molecule has 0 N–H and O–H groups in total. The Hall–Kier alpha value is -3.38. The molecule has 0 radical (unpaired) electrons. The third kappa shape index (κ3) is 7.63. The highest BCUT2D eigenvalue weighted by atomic mass is 32.2. The molecule has 2 aliphatic rings. The summed E-state index contributed by atoms with van der Waals surface area (Å²) in [5, 5.41) is 24.1. The number of allylic oxidation sites excluding steroid dienone is 2. The van der Waals surface area contributed by atoms with Crippen molar-refractivity contribution >= 4 is 46.5 Å². The molecule has 2 aromatic carbocycles. The van der Waals surface area contributed by atoms with Gasteiger partial charge in [-0.05, 0) is 39.4 Å². The number of rotatable bonds is 16. The summed E-state index contributed by atoms with van der Waals surface area (Å²) in [4.78, 5) is 50.0. The second kappa shape index (κ2) is 15.1. The summed E-state index contributed by atoms with van der Waals surface area (Å²) in [6.07, 6.45) is 3.89. The van der Waals surface area contributed by atoms with E-state index in [-0.39, 0.29) is 55.1 Å². The quantitative estimate of drug-likeness (QED) is 0.0748. The third-order valence-electron chi connectivity index (χ3n) is 7.23. The van der Waals surface area contributed by atoms with Gasteiger partial charge in [0.05, 0.1) is 31.9 Å². The van der Waals surface area contributed by atoms with Crippen molar-refractivity contribution in [3.8, 4) is 11.5 Å². The van der Waals surface area contributed by atoms with Crippen molar-refractivity contribution in [1.82, 2.24) is 0 Å². The largest absolute Gasteiger partial charge is 0.484 e. The van der Waals surface area contributed by atoms with Crippen LogP contribution in [0.4, 0.5) is 11.4 Å². The third-order valence-corrected chi connectivity index (χ3v) is 9.66. The molecule has 2 aromatic rings. The summed E-state index contributed by atoms with van der Waals surface area (Å²) in [6, 6.07) is 4.48. The highest BCUT2D eigenvalue weighted by Crippen LogP contribution is 2.53. The van der Waals surface area contributed by atoms with Crippen molar-refractivity contribution in [3.05, 3.63) is 65.4 Å². The van der Waals surface area contributed by atoms with Crippen LogP contribution in [-0.2, 0) is 0 Å². The Morgan fingerprint density at radius 2 is 1.11 bits per heavy atom. The second-order valence-corrected chi connectivity index (χ2v) is 12.7. The number of Topliss-reactive ketones (excluding diaryl/α,β-unsaturated/α-hetero) is 2. The van der Waals surface area contributed by atoms with Gasteiger partial charge in [0.15, 0.2) is 11.5 Å². The van der Waals surface area contributed by atoms with E-state index in [1.807, 2.05) is 13.8 Å². The number of nitro benzene ring substituents is 2. The lowest BCUT2D eigenvalue weighted by Gasteiger charge is -2.15. The first-order valence-electron chi connectivity index (χ1n) is 17.6. The fourth-order valence-corrected chi connectivity index (χ4v) is 7.21. The molecule has 10 nitrogen and oxygen atoms in total. The number of ketones is 2. The lowest BCUT2D eigenvalue weighted by molar-refractivity contribution is -0.386. The van der Waals surface area contributed by atoms with E-state index in [0.717, 1.165) is 74.2 Å². The summed E-state index contributed by atoms with van der Waals surface area (Å²) in [7, 11) is 0. The standard InChI is InChI=1S/C32H38N2O8S2/c1-5-7-9-11-13-19(3)41-25-17-27-21(15-23(25)33(37)38)29(35)31(43-27)32-30(36)22-16-24(34(39)40)26(18-28(22)44-32)42-20(4)14-12-10-8-6-2/h15-20H,5-14H2,1-4H3/b32-31-/t19-,20-/m1/s1/i3D3,4D3. The van der Waals surface area contributed by atoms with Crippen LogP contribution in [0.25, 0.3) is 0 Å². The van der Waals surface area contributed by atoms with Gasteiger partial charge in [-0.2, -0.15) is 0 Å². The van der Waals surface area contributed by atoms with Crippen LogP contribution >= 0.6 is 23.5 Å². The van der Waals surface area contributed by atoms with Crippen LogP contribution in [0.3, 0.4) is 0 Å². The van der Waals surface area contributed by atoms with Gasteiger partial charge in [-0.15, -0.1) is 0 Å². The zero-order chi connectivity index (χ0) is 37.0. The Morgan fingerprint density at radius 3 is 1.45 bits per heavy atom. The molecule has 0 fully saturated rings. The van der Waals surface area contributed by atoms with Crippen molar-refractivity contribution in [2.45, 2.75) is 114 Å². The molecule has 0 bridgehead atoms. The zero-order valence-corrected chi connectivity index (χ0v) is 26.1. The number of carbonyl (C=O) groups is 2. The van der Waals surface area contributed by atoms with Crippen LogP contribution in [-0.4, -0.2) is 33.6 Å². The molecule has 12 heteroatoms. The Labute approximate surface area is 274 Å². The molecule has 2 atom stereocenters. The van der Waals surface area contributed by atoms with Gasteiger partial charge in [0.2, 0.25) is 11.6 Å². The van der Waals surface area contributed by atoms with E-state index in [4.69, 9.17) is 17.7 Å². The van der Waals surface area contributed by atoms with E-state index in [9.17, 15) is 29.8 Å². The number of fused-ring (bicyclic) bond motifs is 2. The molecular weight excluding hydrogens is 604 g/mol. The Balaban J connectivity index is 1.66. The number of benzene rings is 2. The van der Waals surface area contributed by atoms with E-state index >= 15 is 0 Å². The topological polar surface area (TPSA) is 139 Å². The van der Waals surface area contributed by atoms with Gasteiger partial charge >= 0.3 is 11.4 Å². The maximum absolute atomic E-state index is 13.6. The smallest absolute Gasteiger partial charge is 0.311 e. The first-order valence-corrected chi connectivity index (χ1v) is 16.3. The highest BCUT2D eigenvalue weighted by Gasteiger charge is 2.39. The van der Waals surface area contributed by atoms with Gasteiger partial charge in [0, 0.05) is 53.4 Å². The molecule has 0 aliphatic carbocycles. The summed E-state index contributed by atoms with van der Waals surface area (Å²) < 4.78 is 59.1. The van der Waals surface area contributed by atoms with Crippen molar-refractivity contribution in [2.75, 3.05) is 0 Å². The number of thioether (sulfide) groups is 2. The summed E-state index contributed by atoms with van der Waals surface area (Å²) in [6.45, 7) is -1.13. The van der Waals surface area contributed by atoms with Gasteiger partial charge < -0.3 is 9.47 Å². The molecule has 0 saturated carbocycles. The minimum atomic E-state index is -2.57. The molecular formula is C32H38N2O8S2. The zero-order valence-electron chi connectivity index (χ0n) is 30.5. The molecule has 0 unspecified atom stereocenters. The maximum Gasteiger partial charge on any atom is 0.311 e. The van der Waals surface area contributed by atoms with E-state index in [2.05, 4.69) is 0 Å². The molecule has 4 rings (SSSR count). The van der Waals surface area contributed by atoms with Crippen LogP contribution in [0.1, 0.15) is 121 Å². The predicted octanol–water partition coefficient (Wildman–Crippen LogP) is 9.47. The van der Waals surface area contributed by atoms with Gasteiger partial charge in [0.25, 0.3) is 0 Å². The number of hydrogen-bond acceptors (Lipinski definition) is 10. The molecule has 236 valence electrons. The average Bonchev–Trinajstić information content (AvgIpc) is 3.52. The highest BCUT2D eigenvalue weighted by molar-refractivity contribution is 8.08. The average molecular weight is 649 g/mol. The van der Waals surface area contributed by atoms with Crippen LogP contribution in [0.15, 0.2) is 43.9 Å². The van der Waals surface area contributed by atoms with Crippen molar-refractivity contribution < 1.29 is 37.1 Å². The molecule has 2 aliphatic heterocycles. The number of hydrogen-bond donors (Lipinski definition) is 0. The van der Waals surface area contributed by atoms with E-state index in [0.29, 0.717) is 12.8 Å². The summed E-state index contributed by atoms with van der Waals surface area (Å²) in [5.74, 6) is -2.01. The molecule has 0 spiro atoms. The number of nitrogens with zero attached hydrogens (tertiary/aromatic N) is 2. The SMILES string of the molecule is [2H]C([2H])([2H])[C@H](CCCCCC)Oc1cc2c(cc1[N+](=O)[O-])C(=O)/C(=C1/Sc3cc(O[C@@H](CCCCCC)C([2H])([2H])[2H])c([N+](=O)[O-])cc3C1=O)S2. The Kier molecular flexibility index (Phi) is 8.87. The van der Waals surface area contributed by atoms with E-state index in [1.54, 1.807) is 0 Å². The van der Waals surface area contributed by atoms with E-state index < -0.39 is 58.7 Å². The van der Waals surface area contributed by atoms with Crippen LogP contribution in [0.5, 0.6) is 11.5 Å². The normalized spacial score (nSPS) is 19.5. The number of unbranched alkanes of at least 4 members (excludes halogenated alkanes) is 6. The van der Waals surface area contributed by atoms with Gasteiger partial charge in [-0.3, -0.25) is 29.8 Å². The van der Waals surface area contributed by atoms with E-state index in [1.165, 1.54) is 12.1 Å². The lowest BCUT2D eigenvalue weighted by atomic mass is 10.1. The monoisotopic (exact) mass is 648 g/mol. The molecule has 0 amide bonds. The number of nitro groups is 2. The van der Waals surface area contributed by atoms with Gasteiger partial charge in [0.1, 0.15) is 0 Å². The summed E-state index contributed by atoms with van der Waals surface area (Å²) >= 11 is 1.71. The first-order chi connectivity index (χ1) is 23.5. The molecule has 0 saturated heterocycles. The Bertz CT molecular complexity index is 1570. The number of ether oxygens (including phenoxy) is 2. The van der Waals surface area contributed by atoms with Crippen LogP contribution in [0.2, 0.25) is 0 Å². The number of carbonyl (C=O) groups excluding carboxylic acids is 2. The fourth-order valence-electron chi connectivity index (χ4n) is 4.89. The minimum Gasteiger partial charge on any atom is -0.484 e. The summed E-state index contributed by atoms with van der Waals surface area (Å²) in [5.41, 5.74) is -1.35. The first kappa shape index (κ1) is 25.9. The van der Waals surface area contributed by atoms with Gasteiger partial charge in [-0.25, -0.2) is 0 Å². The van der Waals surface area contributed by atoms with Crippen molar-refractivity contribution in [3.63, 3.8) is 0 Å². The van der Waals surface area contributed by atoms with Crippen LogP contribution < -0.4 is 9.47 Å². The molecule has 2 heterocycles. The fraction of sp³-hybridized carbons (Fsp3) is 0.500. The second-order valence-electron chi connectivity index (χ2n) is 10.6. The predicted molar refractivity (Wildman–Crippen MR) is 171 cm³/mol. The molecule has 0 aromatic heterocycles. The lowest BCUT2D eigenvalue weighted by Crippen LogP contribution is -2.13. The van der Waals surface area contributed by atoms with Gasteiger partial charge in [-0.1, -0.05) is 75.9 Å². The Morgan fingerprint density at radius 1 is 0.705 bits per heavy atom. The van der Waals surface area contributed by atoms with Crippen molar-refractivity contribution in [1.29, 1.82) is 0 Å². The van der Waals surface area contributed by atoms with Crippen molar-refractivity contribution in [2.24, 2.45) is 0 Å². The molecule has 44 heavy (non-hydrogen) atoms.